The molecule has 0 unspecified atom stereocenters. The minimum Gasteiger partial charge on any atom is -0.295 e. The summed E-state index contributed by atoms with van der Waals surface area (Å²) in [6, 6.07) is 6.16. The van der Waals surface area contributed by atoms with Crippen molar-refractivity contribution in [2.45, 2.75) is 37.5 Å². The standard InChI is InChI=1S/C15H21NO3S/c1-12(17)14-7-9-15(10-8-14)20(18,19)16(2)11-13-5-3-4-6-13/h7-10,13H,3-6,11H2,1-2H3. The molecular formula is C15H21NO3S. The van der Waals surface area contributed by atoms with Crippen LogP contribution in [0, 0.1) is 5.92 Å². The van der Waals surface area contributed by atoms with Crippen molar-refractivity contribution < 1.29 is 13.2 Å². The van der Waals surface area contributed by atoms with Gasteiger partial charge in [0, 0.05) is 19.2 Å². The number of ketones is 1. The van der Waals surface area contributed by atoms with Crippen LogP contribution in [-0.2, 0) is 10.0 Å². The molecule has 110 valence electrons. The largest absolute Gasteiger partial charge is 0.295 e. The third-order valence-electron chi connectivity index (χ3n) is 3.96. The number of hydrogen-bond acceptors (Lipinski definition) is 3. The summed E-state index contributed by atoms with van der Waals surface area (Å²) in [7, 11) is -1.82. The van der Waals surface area contributed by atoms with Crippen LogP contribution in [0.1, 0.15) is 43.0 Å². The first-order valence-corrected chi connectivity index (χ1v) is 8.42. The normalized spacial score (nSPS) is 16.8. The van der Waals surface area contributed by atoms with E-state index in [1.807, 2.05) is 0 Å². The van der Waals surface area contributed by atoms with Gasteiger partial charge in [-0.3, -0.25) is 4.79 Å². The van der Waals surface area contributed by atoms with Crippen molar-refractivity contribution in [3.05, 3.63) is 29.8 Å². The van der Waals surface area contributed by atoms with E-state index in [0.29, 0.717) is 18.0 Å². The minimum absolute atomic E-state index is 0.0618. The Morgan fingerprint density at radius 1 is 1.20 bits per heavy atom. The Hall–Kier alpha value is -1.20. The first-order valence-electron chi connectivity index (χ1n) is 6.98. The third-order valence-corrected chi connectivity index (χ3v) is 5.80. The second-order valence-electron chi connectivity index (χ2n) is 5.52. The fraction of sp³-hybridized carbons (Fsp3) is 0.533. The lowest BCUT2D eigenvalue weighted by atomic mass is 10.1. The Bertz CT molecular complexity index is 572. The van der Waals surface area contributed by atoms with E-state index in [0.717, 1.165) is 12.8 Å². The van der Waals surface area contributed by atoms with E-state index in [4.69, 9.17) is 0 Å². The molecule has 1 fully saturated rings. The molecule has 1 aliphatic carbocycles. The van der Waals surface area contributed by atoms with Gasteiger partial charge >= 0.3 is 0 Å². The molecule has 0 radical (unpaired) electrons. The van der Waals surface area contributed by atoms with Gasteiger partial charge in [-0.05, 0) is 37.8 Å². The summed E-state index contributed by atoms with van der Waals surface area (Å²) in [6.45, 7) is 2.05. The Labute approximate surface area is 120 Å². The number of Topliss-reactive ketones (excluding diaryl/α,β-unsaturated/α-hetero) is 1. The number of carbonyl (C=O) groups is 1. The van der Waals surface area contributed by atoms with Crippen LogP contribution in [0.4, 0.5) is 0 Å². The van der Waals surface area contributed by atoms with Gasteiger partial charge in [0.05, 0.1) is 4.90 Å². The van der Waals surface area contributed by atoms with Crippen LogP contribution >= 0.6 is 0 Å². The molecular weight excluding hydrogens is 274 g/mol. The molecule has 0 spiro atoms. The Morgan fingerprint density at radius 2 is 1.75 bits per heavy atom. The van der Waals surface area contributed by atoms with Crippen molar-refractivity contribution in [1.82, 2.24) is 4.31 Å². The number of hydrogen-bond donors (Lipinski definition) is 0. The molecule has 1 aromatic carbocycles. The molecule has 5 heteroatoms. The molecule has 20 heavy (non-hydrogen) atoms. The van der Waals surface area contributed by atoms with Gasteiger partial charge in [-0.15, -0.1) is 0 Å². The lowest BCUT2D eigenvalue weighted by Crippen LogP contribution is -2.31. The second-order valence-corrected chi connectivity index (χ2v) is 7.56. The second kappa shape index (κ2) is 6.06. The summed E-state index contributed by atoms with van der Waals surface area (Å²) < 4.78 is 26.3. The summed E-state index contributed by atoms with van der Waals surface area (Å²) in [4.78, 5) is 11.5. The summed E-state index contributed by atoms with van der Waals surface area (Å²) in [6.07, 6.45) is 4.63. The monoisotopic (exact) mass is 295 g/mol. The van der Waals surface area contributed by atoms with Gasteiger partial charge in [-0.25, -0.2) is 12.7 Å². The molecule has 0 atom stereocenters. The zero-order valence-corrected chi connectivity index (χ0v) is 12.8. The van der Waals surface area contributed by atoms with Crippen LogP contribution in [-0.4, -0.2) is 32.1 Å². The predicted octanol–water partition coefficient (Wildman–Crippen LogP) is 2.70. The minimum atomic E-state index is -3.45. The summed E-state index contributed by atoms with van der Waals surface area (Å²) in [5.74, 6) is 0.416. The number of nitrogens with zero attached hydrogens (tertiary/aromatic N) is 1. The fourth-order valence-corrected chi connectivity index (χ4v) is 3.94. The SMILES string of the molecule is CC(=O)c1ccc(S(=O)(=O)N(C)CC2CCCC2)cc1. The van der Waals surface area contributed by atoms with E-state index in [1.165, 1.54) is 36.2 Å². The first kappa shape index (κ1) is 15.2. The third kappa shape index (κ3) is 3.27. The van der Waals surface area contributed by atoms with Gasteiger partial charge in [0.2, 0.25) is 10.0 Å². The number of rotatable bonds is 5. The highest BCUT2D eigenvalue weighted by Crippen LogP contribution is 2.27. The van der Waals surface area contributed by atoms with Gasteiger partial charge in [0.25, 0.3) is 0 Å². The molecule has 0 aromatic heterocycles. The first-order chi connectivity index (χ1) is 9.41. The Morgan fingerprint density at radius 3 is 2.25 bits per heavy atom. The van der Waals surface area contributed by atoms with Crippen molar-refractivity contribution in [2.24, 2.45) is 5.92 Å². The van der Waals surface area contributed by atoms with Gasteiger partial charge < -0.3 is 0 Å². The molecule has 0 amide bonds. The molecule has 1 aliphatic rings. The maximum Gasteiger partial charge on any atom is 0.242 e. The Kier molecular flexibility index (Phi) is 4.60. The van der Waals surface area contributed by atoms with Crippen LogP contribution < -0.4 is 0 Å². The van der Waals surface area contributed by atoms with Gasteiger partial charge in [-0.2, -0.15) is 0 Å². The number of carbonyl (C=O) groups excluding carboxylic acids is 1. The predicted molar refractivity (Wildman–Crippen MR) is 78.2 cm³/mol. The van der Waals surface area contributed by atoms with Crippen molar-refractivity contribution >= 4 is 15.8 Å². The Balaban J connectivity index is 2.13. The van der Waals surface area contributed by atoms with Crippen LogP contribution in [0.25, 0.3) is 0 Å². The molecule has 0 bridgehead atoms. The lowest BCUT2D eigenvalue weighted by molar-refractivity contribution is 0.101. The van der Waals surface area contributed by atoms with Crippen molar-refractivity contribution in [2.75, 3.05) is 13.6 Å². The average molecular weight is 295 g/mol. The zero-order valence-electron chi connectivity index (χ0n) is 12.0. The van der Waals surface area contributed by atoms with E-state index in [1.54, 1.807) is 19.2 Å². The van der Waals surface area contributed by atoms with Crippen molar-refractivity contribution in [1.29, 1.82) is 0 Å². The summed E-state index contributed by atoms with van der Waals surface area (Å²) >= 11 is 0. The highest BCUT2D eigenvalue weighted by atomic mass is 32.2. The van der Waals surface area contributed by atoms with Crippen molar-refractivity contribution in [3.63, 3.8) is 0 Å². The molecule has 1 saturated carbocycles. The zero-order chi connectivity index (χ0) is 14.8. The van der Waals surface area contributed by atoms with Crippen LogP contribution in [0.3, 0.4) is 0 Å². The smallest absolute Gasteiger partial charge is 0.242 e. The van der Waals surface area contributed by atoms with Crippen molar-refractivity contribution in [3.8, 4) is 0 Å². The molecule has 4 nitrogen and oxygen atoms in total. The fourth-order valence-electron chi connectivity index (χ4n) is 2.70. The number of sulfonamides is 1. The van der Waals surface area contributed by atoms with Crippen LogP contribution in [0.15, 0.2) is 29.2 Å². The summed E-state index contributed by atoms with van der Waals surface area (Å²) in [5, 5.41) is 0. The quantitative estimate of drug-likeness (QED) is 0.785. The van der Waals surface area contributed by atoms with E-state index in [2.05, 4.69) is 0 Å². The van der Waals surface area contributed by atoms with Crippen LogP contribution in [0.2, 0.25) is 0 Å². The van der Waals surface area contributed by atoms with E-state index < -0.39 is 10.0 Å². The van der Waals surface area contributed by atoms with E-state index >= 15 is 0 Å². The molecule has 2 rings (SSSR count). The van der Waals surface area contributed by atoms with E-state index in [9.17, 15) is 13.2 Å². The highest BCUT2D eigenvalue weighted by molar-refractivity contribution is 7.89. The molecule has 0 heterocycles. The molecule has 1 aromatic rings. The molecule has 0 N–H and O–H groups in total. The summed E-state index contributed by atoms with van der Waals surface area (Å²) in [5.41, 5.74) is 0.530. The molecule has 0 aliphatic heterocycles. The van der Waals surface area contributed by atoms with E-state index in [-0.39, 0.29) is 10.7 Å². The lowest BCUT2D eigenvalue weighted by Gasteiger charge is -2.20. The topological polar surface area (TPSA) is 54.5 Å². The van der Waals surface area contributed by atoms with Gasteiger partial charge in [0.1, 0.15) is 0 Å². The van der Waals surface area contributed by atoms with Gasteiger partial charge in [0.15, 0.2) is 5.78 Å². The van der Waals surface area contributed by atoms with Gasteiger partial charge in [-0.1, -0.05) is 25.0 Å². The molecule has 0 saturated heterocycles. The average Bonchev–Trinajstić information content (AvgIpc) is 2.91. The van der Waals surface area contributed by atoms with Crippen LogP contribution in [0.5, 0.6) is 0 Å². The highest BCUT2D eigenvalue weighted by Gasteiger charge is 2.25. The maximum atomic E-state index is 12.4. The number of benzene rings is 1. The maximum absolute atomic E-state index is 12.4.